The quantitative estimate of drug-likeness (QED) is 0.476. The van der Waals surface area contributed by atoms with E-state index in [1.165, 1.54) is 29.2 Å². The standard InChI is InChI=1S/C20H22ClFN2O4/c1-20(2,3)28-19(25)23(13-14-4-7-16(22)8-5-14)11-10-15-6-9-17(24(26)27)12-18(15)21/h4-9,12H,10-11,13H2,1-3H3. The van der Waals surface area contributed by atoms with Gasteiger partial charge in [0.2, 0.25) is 0 Å². The molecule has 0 heterocycles. The number of nitro benzene ring substituents is 1. The molecule has 0 atom stereocenters. The number of nitrogens with zero attached hydrogens (tertiary/aromatic N) is 2. The van der Waals surface area contributed by atoms with Gasteiger partial charge in [0.05, 0.1) is 9.95 Å². The molecule has 0 aliphatic carbocycles. The lowest BCUT2D eigenvalue weighted by atomic mass is 10.1. The smallest absolute Gasteiger partial charge is 0.410 e. The fraction of sp³-hybridized carbons (Fsp3) is 0.350. The third-order valence-electron chi connectivity index (χ3n) is 3.84. The Kier molecular flexibility index (Phi) is 6.96. The zero-order chi connectivity index (χ0) is 20.9. The zero-order valence-electron chi connectivity index (χ0n) is 15.9. The van der Waals surface area contributed by atoms with Gasteiger partial charge in [-0.1, -0.05) is 29.8 Å². The first kappa shape index (κ1) is 21.6. The maximum Gasteiger partial charge on any atom is 0.410 e. The van der Waals surface area contributed by atoms with Crippen LogP contribution < -0.4 is 0 Å². The lowest BCUT2D eigenvalue weighted by molar-refractivity contribution is -0.384. The van der Waals surface area contributed by atoms with Crippen LogP contribution in [0.2, 0.25) is 5.02 Å². The molecule has 0 bridgehead atoms. The van der Waals surface area contributed by atoms with Crippen molar-refractivity contribution in [1.29, 1.82) is 0 Å². The highest BCUT2D eigenvalue weighted by Gasteiger charge is 2.22. The van der Waals surface area contributed by atoms with E-state index in [-0.39, 0.29) is 29.6 Å². The molecule has 0 unspecified atom stereocenters. The molecule has 0 aromatic heterocycles. The predicted octanol–water partition coefficient (Wildman–Crippen LogP) is 5.37. The van der Waals surface area contributed by atoms with Crippen LogP contribution in [-0.2, 0) is 17.7 Å². The van der Waals surface area contributed by atoms with E-state index in [1.54, 1.807) is 39.0 Å². The van der Waals surface area contributed by atoms with Gasteiger partial charge >= 0.3 is 6.09 Å². The van der Waals surface area contributed by atoms with E-state index in [9.17, 15) is 19.3 Å². The first-order valence-corrected chi connectivity index (χ1v) is 9.08. The summed E-state index contributed by atoms with van der Waals surface area (Å²) >= 11 is 6.14. The fourth-order valence-electron chi connectivity index (χ4n) is 2.48. The summed E-state index contributed by atoms with van der Waals surface area (Å²) in [6, 6.07) is 10.1. The number of halogens is 2. The molecule has 0 aliphatic rings. The Morgan fingerprint density at radius 1 is 1.21 bits per heavy atom. The Labute approximate surface area is 168 Å². The van der Waals surface area contributed by atoms with Crippen LogP contribution in [-0.4, -0.2) is 28.1 Å². The van der Waals surface area contributed by atoms with Gasteiger partial charge in [-0.25, -0.2) is 9.18 Å². The average molecular weight is 409 g/mol. The van der Waals surface area contributed by atoms with Crippen LogP contribution in [0.3, 0.4) is 0 Å². The second-order valence-corrected chi connectivity index (χ2v) is 7.72. The summed E-state index contributed by atoms with van der Waals surface area (Å²) in [5.41, 5.74) is 0.675. The molecule has 28 heavy (non-hydrogen) atoms. The van der Waals surface area contributed by atoms with E-state index >= 15 is 0 Å². The fourth-order valence-corrected chi connectivity index (χ4v) is 2.75. The normalized spacial score (nSPS) is 11.2. The number of rotatable bonds is 6. The molecule has 150 valence electrons. The minimum absolute atomic E-state index is 0.0935. The Morgan fingerprint density at radius 2 is 1.86 bits per heavy atom. The molecular formula is C20H22ClFN2O4. The highest BCUT2D eigenvalue weighted by Crippen LogP contribution is 2.23. The van der Waals surface area contributed by atoms with E-state index in [0.29, 0.717) is 12.0 Å². The summed E-state index contributed by atoms with van der Waals surface area (Å²) in [6.07, 6.45) is -0.119. The topological polar surface area (TPSA) is 72.7 Å². The summed E-state index contributed by atoms with van der Waals surface area (Å²) in [4.78, 5) is 24.4. The van der Waals surface area contributed by atoms with Crippen molar-refractivity contribution < 1.29 is 18.8 Å². The van der Waals surface area contributed by atoms with Gasteiger partial charge < -0.3 is 9.64 Å². The number of benzene rings is 2. The maximum atomic E-state index is 13.1. The van der Waals surface area contributed by atoms with Crippen LogP contribution >= 0.6 is 11.6 Å². The van der Waals surface area contributed by atoms with Crippen LogP contribution in [0.5, 0.6) is 0 Å². The number of hydrogen-bond donors (Lipinski definition) is 0. The van der Waals surface area contributed by atoms with Crippen molar-refractivity contribution >= 4 is 23.4 Å². The van der Waals surface area contributed by atoms with Gasteiger partial charge in [0.25, 0.3) is 5.69 Å². The molecule has 0 spiro atoms. The number of ether oxygens (including phenoxy) is 1. The van der Waals surface area contributed by atoms with Gasteiger partial charge in [-0.05, 0) is 50.5 Å². The van der Waals surface area contributed by atoms with Crippen molar-refractivity contribution in [3.63, 3.8) is 0 Å². The van der Waals surface area contributed by atoms with Gasteiger partial charge in [0, 0.05) is 25.2 Å². The van der Waals surface area contributed by atoms with E-state index < -0.39 is 16.6 Å². The van der Waals surface area contributed by atoms with Gasteiger partial charge in [-0.15, -0.1) is 0 Å². The average Bonchev–Trinajstić information content (AvgIpc) is 2.59. The summed E-state index contributed by atoms with van der Waals surface area (Å²) in [7, 11) is 0. The molecule has 0 fully saturated rings. The zero-order valence-corrected chi connectivity index (χ0v) is 16.7. The lowest BCUT2D eigenvalue weighted by Gasteiger charge is -2.27. The number of hydrogen-bond acceptors (Lipinski definition) is 4. The number of carbonyl (C=O) groups is 1. The van der Waals surface area contributed by atoms with Crippen molar-refractivity contribution in [2.75, 3.05) is 6.54 Å². The molecular weight excluding hydrogens is 387 g/mol. The van der Waals surface area contributed by atoms with Gasteiger partial charge in [-0.2, -0.15) is 0 Å². The minimum atomic E-state index is -0.664. The largest absolute Gasteiger partial charge is 0.444 e. The molecule has 0 aliphatic heterocycles. The number of nitro groups is 1. The van der Waals surface area contributed by atoms with Crippen molar-refractivity contribution in [1.82, 2.24) is 4.90 Å². The van der Waals surface area contributed by atoms with Crippen molar-refractivity contribution in [3.05, 3.63) is 74.5 Å². The second kappa shape index (κ2) is 9.01. The van der Waals surface area contributed by atoms with Crippen LogP contribution in [0.4, 0.5) is 14.9 Å². The highest BCUT2D eigenvalue weighted by molar-refractivity contribution is 6.31. The van der Waals surface area contributed by atoms with E-state index in [0.717, 1.165) is 5.56 Å². The van der Waals surface area contributed by atoms with E-state index in [2.05, 4.69) is 0 Å². The molecule has 0 N–H and O–H groups in total. The second-order valence-electron chi connectivity index (χ2n) is 7.31. The van der Waals surface area contributed by atoms with Crippen LogP contribution in [0.15, 0.2) is 42.5 Å². The monoisotopic (exact) mass is 408 g/mol. The minimum Gasteiger partial charge on any atom is -0.444 e. The van der Waals surface area contributed by atoms with Crippen LogP contribution in [0.1, 0.15) is 31.9 Å². The summed E-state index contributed by atoms with van der Waals surface area (Å²) in [5, 5.41) is 11.1. The molecule has 0 saturated heterocycles. The molecule has 2 aromatic rings. The maximum absolute atomic E-state index is 13.1. The van der Waals surface area contributed by atoms with Crippen molar-refractivity contribution in [3.8, 4) is 0 Å². The van der Waals surface area contributed by atoms with Crippen LogP contribution in [0, 0.1) is 15.9 Å². The molecule has 0 radical (unpaired) electrons. The molecule has 2 rings (SSSR count). The van der Waals surface area contributed by atoms with E-state index in [4.69, 9.17) is 16.3 Å². The van der Waals surface area contributed by atoms with Crippen molar-refractivity contribution in [2.24, 2.45) is 0 Å². The molecule has 6 nitrogen and oxygen atoms in total. The highest BCUT2D eigenvalue weighted by atomic mass is 35.5. The Hall–Kier alpha value is -2.67. The number of non-ortho nitro benzene ring substituents is 1. The number of amides is 1. The Bertz CT molecular complexity index is 850. The summed E-state index contributed by atoms with van der Waals surface area (Å²) in [5.74, 6) is -0.356. The van der Waals surface area contributed by atoms with Gasteiger partial charge in [0.15, 0.2) is 0 Å². The lowest BCUT2D eigenvalue weighted by Crippen LogP contribution is -2.37. The molecule has 8 heteroatoms. The molecule has 2 aromatic carbocycles. The summed E-state index contributed by atoms with van der Waals surface area (Å²) < 4.78 is 18.6. The van der Waals surface area contributed by atoms with Crippen molar-refractivity contribution in [2.45, 2.75) is 39.3 Å². The van der Waals surface area contributed by atoms with Crippen LogP contribution in [0.25, 0.3) is 0 Å². The number of carbonyl (C=O) groups excluding carboxylic acids is 1. The predicted molar refractivity (Wildman–Crippen MR) is 105 cm³/mol. The summed E-state index contributed by atoms with van der Waals surface area (Å²) in [6.45, 7) is 5.83. The Morgan fingerprint density at radius 3 is 2.39 bits per heavy atom. The SMILES string of the molecule is CC(C)(C)OC(=O)N(CCc1ccc([N+](=O)[O-])cc1Cl)Cc1ccc(F)cc1. The van der Waals surface area contributed by atoms with Gasteiger partial charge in [-0.3, -0.25) is 10.1 Å². The van der Waals surface area contributed by atoms with E-state index in [1.807, 2.05) is 0 Å². The Balaban J connectivity index is 2.15. The first-order valence-electron chi connectivity index (χ1n) is 8.70. The third kappa shape index (κ3) is 6.49. The molecule has 1 amide bonds. The first-order chi connectivity index (χ1) is 13.0. The third-order valence-corrected chi connectivity index (χ3v) is 4.19. The van der Waals surface area contributed by atoms with Gasteiger partial charge in [0.1, 0.15) is 11.4 Å². The molecule has 0 saturated carbocycles.